The smallest absolute Gasteiger partial charge is 0.323 e. The molecular weight excluding hydrogens is 210 g/mol. The zero-order chi connectivity index (χ0) is 12.3. The molecular formula is C11H15NO4. The van der Waals surface area contributed by atoms with Crippen LogP contribution in [0, 0.1) is 13.8 Å². The van der Waals surface area contributed by atoms with E-state index in [1.807, 2.05) is 6.92 Å². The number of carbonyl (C=O) groups excluding carboxylic acids is 1. The Morgan fingerprint density at radius 2 is 2.06 bits per heavy atom. The number of amides is 1. The molecule has 0 aliphatic heterocycles. The summed E-state index contributed by atoms with van der Waals surface area (Å²) < 4.78 is 5.26. The molecule has 1 aromatic heterocycles. The molecule has 0 aliphatic carbocycles. The van der Waals surface area contributed by atoms with Gasteiger partial charge in [-0.15, -0.1) is 0 Å². The number of hydrogen-bond donors (Lipinski definition) is 1. The number of nitrogens with zero attached hydrogens (tertiary/aromatic N) is 1. The number of rotatable bonds is 4. The van der Waals surface area contributed by atoms with Crippen molar-refractivity contribution in [2.75, 3.05) is 13.1 Å². The molecule has 0 aliphatic rings. The molecule has 1 rings (SSSR count). The maximum atomic E-state index is 11.8. The highest BCUT2D eigenvalue weighted by Crippen LogP contribution is 2.15. The summed E-state index contributed by atoms with van der Waals surface area (Å²) in [4.78, 5) is 23.6. The van der Waals surface area contributed by atoms with E-state index in [0.717, 1.165) is 5.56 Å². The number of likely N-dealkylation sites (N-methyl/N-ethyl adjacent to an activating group) is 1. The molecule has 0 saturated heterocycles. The van der Waals surface area contributed by atoms with E-state index in [4.69, 9.17) is 9.52 Å². The third-order valence-electron chi connectivity index (χ3n) is 2.37. The van der Waals surface area contributed by atoms with Crippen molar-refractivity contribution >= 4 is 11.9 Å². The van der Waals surface area contributed by atoms with Gasteiger partial charge < -0.3 is 14.4 Å². The summed E-state index contributed by atoms with van der Waals surface area (Å²) in [6.45, 7) is 5.35. The van der Waals surface area contributed by atoms with Gasteiger partial charge in [0.15, 0.2) is 5.76 Å². The molecule has 5 nitrogen and oxygen atoms in total. The van der Waals surface area contributed by atoms with Crippen molar-refractivity contribution in [1.82, 2.24) is 4.90 Å². The zero-order valence-corrected chi connectivity index (χ0v) is 9.61. The average Bonchev–Trinajstić information content (AvgIpc) is 2.54. The molecule has 1 amide bonds. The Morgan fingerprint density at radius 1 is 1.44 bits per heavy atom. The third kappa shape index (κ3) is 2.62. The lowest BCUT2D eigenvalue weighted by molar-refractivity contribution is -0.137. The quantitative estimate of drug-likeness (QED) is 0.841. The molecule has 1 heterocycles. The van der Waals surface area contributed by atoms with E-state index in [-0.39, 0.29) is 18.2 Å². The molecule has 0 spiro atoms. The molecule has 0 atom stereocenters. The predicted molar refractivity (Wildman–Crippen MR) is 57.4 cm³/mol. The first-order valence-electron chi connectivity index (χ1n) is 5.03. The molecule has 0 saturated carbocycles. The first-order chi connectivity index (χ1) is 7.45. The van der Waals surface area contributed by atoms with Gasteiger partial charge in [-0.25, -0.2) is 0 Å². The molecule has 0 radical (unpaired) electrons. The highest BCUT2D eigenvalue weighted by molar-refractivity contribution is 5.93. The molecule has 0 fully saturated rings. The molecule has 0 bridgehead atoms. The molecule has 5 heteroatoms. The van der Waals surface area contributed by atoms with Crippen LogP contribution in [0.25, 0.3) is 0 Å². The highest BCUT2D eigenvalue weighted by Gasteiger charge is 2.20. The number of aliphatic carboxylic acids is 1. The van der Waals surface area contributed by atoms with Gasteiger partial charge in [-0.05, 0) is 32.4 Å². The highest BCUT2D eigenvalue weighted by atomic mass is 16.4. The van der Waals surface area contributed by atoms with Crippen LogP contribution < -0.4 is 0 Å². The van der Waals surface area contributed by atoms with Crippen molar-refractivity contribution < 1.29 is 19.1 Å². The normalized spacial score (nSPS) is 10.2. The van der Waals surface area contributed by atoms with Gasteiger partial charge >= 0.3 is 5.97 Å². The second kappa shape index (κ2) is 4.83. The fourth-order valence-corrected chi connectivity index (χ4v) is 1.32. The van der Waals surface area contributed by atoms with Crippen LogP contribution >= 0.6 is 0 Å². The van der Waals surface area contributed by atoms with E-state index in [2.05, 4.69) is 0 Å². The first-order valence-corrected chi connectivity index (χ1v) is 5.03. The minimum absolute atomic E-state index is 0.193. The Labute approximate surface area is 93.7 Å². The predicted octanol–water partition coefficient (Wildman–Crippen LogP) is 1.44. The van der Waals surface area contributed by atoms with Gasteiger partial charge in [-0.3, -0.25) is 9.59 Å². The van der Waals surface area contributed by atoms with Gasteiger partial charge in [0, 0.05) is 6.54 Å². The molecule has 1 aromatic rings. The number of furan rings is 1. The second-order valence-electron chi connectivity index (χ2n) is 3.56. The topological polar surface area (TPSA) is 70.8 Å². The Balaban J connectivity index is 2.86. The average molecular weight is 225 g/mol. The number of aryl methyl sites for hydroxylation is 2. The van der Waals surface area contributed by atoms with E-state index in [1.165, 1.54) is 4.90 Å². The number of hydrogen-bond acceptors (Lipinski definition) is 3. The summed E-state index contributed by atoms with van der Waals surface area (Å²) >= 11 is 0. The standard InChI is InChI=1S/C11H15NO4/c1-4-12(6-10(13)14)11(15)9-5-7(2)8(3)16-9/h5H,4,6H2,1-3H3,(H,13,14). The van der Waals surface area contributed by atoms with Crippen LogP contribution in [0.1, 0.15) is 28.8 Å². The summed E-state index contributed by atoms with van der Waals surface area (Å²) in [6.07, 6.45) is 0. The molecule has 1 N–H and O–H groups in total. The molecule has 88 valence electrons. The van der Waals surface area contributed by atoms with Gasteiger partial charge in [0.2, 0.25) is 0 Å². The van der Waals surface area contributed by atoms with Gasteiger partial charge in [0.1, 0.15) is 12.3 Å². The van der Waals surface area contributed by atoms with Crippen molar-refractivity contribution in [3.05, 3.63) is 23.2 Å². The van der Waals surface area contributed by atoms with Gasteiger partial charge in [0.05, 0.1) is 0 Å². The summed E-state index contributed by atoms with van der Waals surface area (Å²) in [5.41, 5.74) is 0.884. The molecule has 0 aromatic carbocycles. The number of carboxylic acid groups (broad SMARTS) is 1. The minimum atomic E-state index is -1.03. The van der Waals surface area contributed by atoms with Crippen molar-refractivity contribution in [3.63, 3.8) is 0 Å². The van der Waals surface area contributed by atoms with Crippen LogP contribution in [0.2, 0.25) is 0 Å². The lowest BCUT2D eigenvalue weighted by Gasteiger charge is -2.16. The Morgan fingerprint density at radius 3 is 2.44 bits per heavy atom. The Kier molecular flexibility index (Phi) is 3.71. The number of carboxylic acids is 1. The SMILES string of the molecule is CCN(CC(=O)O)C(=O)c1cc(C)c(C)o1. The Hall–Kier alpha value is -1.78. The maximum absolute atomic E-state index is 11.8. The lowest BCUT2D eigenvalue weighted by Crippen LogP contribution is -2.35. The van der Waals surface area contributed by atoms with Crippen LogP contribution in [-0.4, -0.2) is 35.0 Å². The van der Waals surface area contributed by atoms with E-state index >= 15 is 0 Å². The first kappa shape index (κ1) is 12.3. The fraction of sp³-hybridized carbons (Fsp3) is 0.455. The van der Waals surface area contributed by atoms with Crippen LogP contribution in [-0.2, 0) is 4.79 Å². The monoisotopic (exact) mass is 225 g/mol. The largest absolute Gasteiger partial charge is 0.480 e. The Bertz CT molecular complexity index is 389. The summed E-state index contributed by atoms with van der Waals surface area (Å²) in [5.74, 6) is -0.552. The third-order valence-corrected chi connectivity index (χ3v) is 2.37. The number of carbonyl (C=O) groups is 2. The lowest BCUT2D eigenvalue weighted by atomic mass is 10.2. The van der Waals surface area contributed by atoms with E-state index in [9.17, 15) is 9.59 Å². The van der Waals surface area contributed by atoms with Gasteiger partial charge in [-0.2, -0.15) is 0 Å². The maximum Gasteiger partial charge on any atom is 0.323 e. The minimum Gasteiger partial charge on any atom is -0.480 e. The van der Waals surface area contributed by atoms with E-state index < -0.39 is 5.97 Å². The van der Waals surface area contributed by atoms with Crippen LogP contribution in [0.3, 0.4) is 0 Å². The van der Waals surface area contributed by atoms with Gasteiger partial charge in [0.25, 0.3) is 5.91 Å². The van der Waals surface area contributed by atoms with Crippen molar-refractivity contribution in [2.45, 2.75) is 20.8 Å². The zero-order valence-electron chi connectivity index (χ0n) is 9.61. The summed E-state index contributed by atoms with van der Waals surface area (Å²) in [6, 6.07) is 1.63. The van der Waals surface area contributed by atoms with Crippen molar-refractivity contribution in [1.29, 1.82) is 0 Å². The summed E-state index contributed by atoms with van der Waals surface area (Å²) in [5, 5.41) is 8.65. The van der Waals surface area contributed by atoms with E-state index in [0.29, 0.717) is 12.3 Å². The van der Waals surface area contributed by atoms with E-state index in [1.54, 1.807) is 19.9 Å². The van der Waals surface area contributed by atoms with Crippen molar-refractivity contribution in [3.8, 4) is 0 Å². The van der Waals surface area contributed by atoms with Gasteiger partial charge in [-0.1, -0.05) is 0 Å². The van der Waals surface area contributed by atoms with Crippen LogP contribution in [0.4, 0.5) is 0 Å². The van der Waals surface area contributed by atoms with Crippen LogP contribution in [0.15, 0.2) is 10.5 Å². The summed E-state index contributed by atoms with van der Waals surface area (Å²) in [7, 11) is 0. The molecule has 0 unspecified atom stereocenters. The van der Waals surface area contributed by atoms with Crippen LogP contribution in [0.5, 0.6) is 0 Å². The molecule has 16 heavy (non-hydrogen) atoms. The fourth-order valence-electron chi connectivity index (χ4n) is 1.32. The second-order valence-corrected chi connectivity index (χ2v) is 3.56. The van der Waals surface area contributed by atoms with Crippen molar-refractivity contribution in [2.24, 2.45) is 0 Å².